The lowest BCUT2D eigenvalue weighted by atomic mass is 10.1. The first-order chi connectivity index (χ1) is 9.77. The number of hydrogen-bond donors (Lipinski definition) is 1. The molecular weight excluding hydrogens is 356 g/mol. The van der Waals surface area contributed by atoms with Gasteiger partial charge in [0.05, 0.1) is 11.9 Å². The van der Waals surface area contributed by atoms with Gasteiger partial charge < -0.3 is 5.32 Å². The maximum Gasteiger partial charge on any atom is 0.256 e. The number of carbonyl (C=O) groups is 1. The van der Waals surface area contributed by atoms with Crippen molar-refractivity contribution in [3.63, 3.8) is 0 Å². The molecular formula is C14H13BrN2O3S. The Balaban J connectivity index is 2.22. The van der Waals surface area contributed by atoms with E-state index in [1.807, 2.05) is 19.1 Å². The first-order valence-electron chi connectivity index (χ1n) is 6.01. The molecule has 0 atom stereocenters. The Hall–Kier alpha value is -1.73. The van der Waals surface area contributed by atoms with Crippen LogP contribution in [0.25, 0.3) is 0 Å². The molecule has 0 spiro atoms. The third kappa shape index (κ3) is 3.89. The van der Waals surface area contributed by atoms with Crippen molar-refractivity contribution in [3.8, 4) is 0 Å². The summed E-state index contributed by atoms with van der Waals surface area (Å²) in [5.41, 5.74) is 1.82. The highest BCUT2D eigenvalue weighted by Gasteiger charge is 2.12. The van der Waals surface area contributed by atoms with Crippen LogP contribution in [0.1, 0.15) is 15.9 Å². The number of nitrogens with zero attached hydrogens (tertiary/aromatic N) is 1. The lowest BCUT2D eigenvalue weighted by molar-refractivity contribution is 0.102. The van der Waals surface area contributed by atoms with Crippen LogP contribution in [0.15, 0.2) is 46.0 Å². The summed E-state index contributed by atoms with van der Waals surface area (Å²) in [5, 5.41) is 2.66. The Morgan fingerprint density at radius 2 is 1.95 bits per heavy atom. The number of nitrogens with one attached hydrogen (secondary N) is 1. The van der Waals surface area contributed by atoms with Crippen LogP contribution in [-0.2, 0) is 9.84 Å². The summed E-state index contributed by atoms with van der Waals surface area (Å²) >= 11 is 3.32. The molecule has 1 aromatic carbocycles. The highest BCUT2D eigenvalue weighted by molar-refractivity contribution is 9.10. The van der Waals surface area contributed by atoms with Gasteiger partial charge in [-0.05, 0) is 36.8 Å². The molecule has 2 rings (SSSR count). The number of anilines is 1. The quantitative estimate of drug-likeness (QED) is 0.903. The van der Waals surface area contributed by atoms with Crippen molar-refractivity contribution >= 4 is 37.4 Å². The van der Waals surface area contributed by atoms with E-state index in [1.54, 1.807) is 6.07 Å². The normalized spacial score (nSPS) is 11.2. The van der Waals surface area contributed by atoms with E-state index in [1.165, 1.54) is 18.3 Å². The van der Waals surface area contributed by atoms with Gasteiger partial charge in [0, 0.05) is 16.3 Å². The van der Waals surface area contributed by atoms with Gasteiger partial charge in [0.25, 0.3) is 5.91 Å². The molecule has 7 heteroatoms. The Morgan fingerprint density at radius 1 is 1.24 bits per heavy atom. The second-order valence-electron chi connectivity index (χ2n) is 4.57. The smallest absolute Gasteiger partial charge is 0.256 e. The van der Waals surface area contributed by atoms with Gasteiger partial charge >= 0.3 is 0 Å². The Morgan fingerprint density at radius 3 is 2.52 bits per heavy atom. The minimum absolute atomic E-state index is 0.0286. The molecule has 2 aromatic rings. The maximum absolute atomic E-state index is 12.2. The zero-order chi connectivity index (χ0) is 15.6. The van der Waals surface area contributed by atoms with Crippen molar-refractivity contribution in [2.24, 2.45) is 0 Å². The van der Waals surface area contributed by atoms with Crippen LogP contribution in [0, 0.1) is 6.92 Å². The van der Waals surface area contributed by atoms with Crippen molar-refractivity contribution in [2.75, 3.05) is 11.6 Å². The molecule has 0 aliphatic heterocycles. The summed E-state index contributed by atoms with van der Waals surface area (Å²) in [5.74, 6) is -0.275. The van der Waals surface area contributed by atoms with E-state index in [2.05, 4.69) is 26.2 Å². The molecule has 0 aliphatic carbocycles. The van der Waals surface area contributed by atoms with Gasteiger partial charge in [-0.25, -0.2) is 13.4 Å². The van der Waals surface area contributed by atoms with E-state index in [0.717, 1.165) is 16.3 Å². The van der Waals surface area contributed by atoms with E-state index >= 15 is 0 Å². The summed E-state index contributed by atoms with van der Waals surface area (Å²) in [6.07, 6.45) is 2.40. The van der Waals surface area contributed by atoms with Gasteiger partial charge in [0.2, 0.25) is 0 Å². The number of rotatable bonds is 3. The van der Waals surface area contributed by atoms with Gasteiger partial charge in [0.15, 0.2) is 14.9 Å². The maximum atomic E-state index is 12.2. The van der Waals surface area contributed by atoms with Crippen molar-refractivity contribution in [1.29, 1.82) is 0 Å². The van der Waals surface area contributed by atoms with Gasteiger partial charge in [-0.1, -0.05) is 22.0 Å². The van der Waals surface area contributed by atoms with E-state index < -0.39 is 9.84 Å². The molecule has 21 heavy (non-hydrogen) atoms. The molecule has 0 aliphatic rings. The molecule has 1 amide bonds. The van der Waals surface area contributed by atoms with Crippen LogP contribution in [0.3, 0.4) is 0 Å². The molecule has 5 nitrogen and oxygen atoms in total. The molecule has 110 valence electrons. The third-order valence-electron chi connectivity index (χ3n) is 2.82. The van der Waals surface area contributed by atoms with Crippen molar-refractivity contribution in [3.05, 3.63) is 52.1 Å². The summed E-state index contributed by atoms with van der Waals surface area (Å²) in [6.45, 7) is 1.84. The van der Waals surface area contributed by atoms with Gasteiger partial charge in [-0.2, -0.15) is 0 Å². The van der Waals surface area contributed by atoms with Crippen molar-refractivity contribution in [1.82, 2.24) is 4.98 Å². The Bertz CT molecular complexity index is 786. The lowest BCUT2D eigenvalue weighted by Gasteiger charge is -2.08. The Labute approximate surface area is 131 Å². The molecule has 0 saturated carbocycles. The molecule has 0 saturated heterocycles. The minimum atomic E-state index is -3.34. The average Bonchev–Trinajstić information content (AvgIpc) is 2.41. The summed E-state index contributed by atoms with van der Waals surface area (Å²) in [6, 6.07) is 8.29. The highest BCUT2D eigenvalue weighted by Crippen LogP contribution is 2.18. The number of amides is 1. The summed E-state index contributed by atoms with van der Waals surface area (Å²) < 4.78 is 23.4. The summed E-state index contributed by atoms with van der Waals surface area (Å²) in [7, 11) is -3.34. The second-order valence-corrected chi connectivity index (χ2v) is 7.45. The number of carbonyl (C=O) groups excluding carboxylic acids is 1. The number of aromatic nitrogens is 1. The standard InChI is InChI=1S/C14H13BrN2O3S/c1-9-3-4-10(15)7-12(9)14(18)17-11-5-6-13(16-8-11)21(2,19)20/h3-8H,1-2H3,(H,17,18). The van der Waals surface area contributed by atoms with E-state index in [4.69, 9.17) is 0 Å². The largest absolute Gasteiger partial charge is 0.321 e. The topological polar surface area (TPSA) is 76.1 Å². The predicted octanol–water partition coefficient (Wildman–Crippen LogP) is 2.81. The van der Waals surface area contributed by atoms with Crippen LogP contribution in [0.2, 0.25) is 0 Å². The van der Waals surface area contributed by atoms with Crippen molar-refractivity contribution in [2.45, 2.75) is 11.9 Å². The van der Waals surface area contributed by atoms with Crippen LogP contribution in [0.5, 0.6) is 0 Å². The molecule has 0 fully saturated rings. The first-order valence-corrected chi connectivity index (χ1v) is 8.69. The Kier molecular flexibility index (Phi) is 4.43. The van der Waals surface area contributed by atoms with Crippen LogP contribution < -0.4 is 5.32 Å². The third-order valence-corrected chi connectivity index (χ3v) is 4.31. The molecule has 1 heterocycles. The number of hydrogen-bond acceptors (Lipinski definition) is 4. The number of benzene rings is 1. The zero-order valence-electron chi connectivity index (χ0n) is 11.4. The van der Waals surface area contributed by atoms with E-state index in [0.29, 0.717) is 11.3 Å². The van der Waals surface area contributed by atoms with Gasteiger partial charge in [-0.3, -0.25) is 4.79 Å². The number of sulfone groups is 1. The van der Waals surface area contributed by atoms with Crippen molar-refractivity contribution < 1.29 is 13.2 Å². The van der Waals surface area contributed by atoms with Crippen LogP contribution in [-0.4, -0.2) is 25.6 Å². The average molecular weight is 369 g/mol. The van der Waals surface area contributed by atoms with Crippen LogP contribution in [0.4, 0.5) is 5.69 Å². The predicted molar refractivity (Wildman–Crippen MR) is 84.2 cm³/mol. The molecule has 1 aromatic heterocycles. The minimum Gasteiger partial charge on any atom is -0.321 e. The SMILES string of the molecule is Cc1ccc(Br)cc1C(=O)Nc1ccc(S(C)(=O)=O)nc1. The number of halogens is 1. The van der Waals surface area contributed by atoms with Gasteiger partial charge in [0.1, 0.15) is 0 Å². The zero-order valence-corrected chi connectivity index (χ0v) is 13.8. The number of pyridine rings is 1. The highest BCUT2D eigenvalue weighted by atomic mass is 79.9. The van der Waals surface area contributed by atoms with Gasteiger partial charge in [-0.15, -0.1) is 0 Å². The number of aryl methyl sites for hydroxylation is 1. The molecule has 1 N–H and O–H groups in total. The lowest BCUT2D eigenvalue weighted by Crippen LogP contribution is -2.14. The fourth-order valence-electron chi connectivity index (χ4n) is 1.71. The fourth-order valence-corrected chi connectivity index (χ4v) is 2.63. The van der Waals surface area contributed by atoms with E-state index in [9.17, 15) is 13.2 Å². The van der Waals surface area contributed by atoms with Crippen LogP contribution >= 0.6 is 15.9 Å². The molecule has 0 unspecified atom stereocenters. The fraction of sp³-hybridized carbons (Fsp3) is 0.143. The van der Waals surface area contributed by atoms with E-state index in [-0.39, 0.29) is 10.9 Å². The molecule has 0 bridgehead atoms. The summed E-state index contributed by atoms with van der Waals surface area (Å²) in [4.78, 5) is 16.0. The first kappa shape index (κ1) is 15.7. The monoisotopic (exact) mass is 368 g/mol. The molecule has 0 radical (unpaired) electrons. The second kappa shape index (κ2) is 5.95.